The first-order valence-electron chi connectivity index (χ1n) is 5.53. The predicted octanol–water partition coefficient (Wildman–Crippen LogP) is 0.725. The minimum atomic E-state index is -0.00851. The maximum atomic E-state index is 8.49. The van der Waals surface area contributed by atoms with Gasteiger partial charge in [-0.25, -0.2) is 10.5 Å². The molecule has 1 heterocycles. The Kier molecular flexibility index (Phi) is 3.93. The summed E-state index contributed by atoms with van der Waals surface area (Å²) in [6.45, 7) is 1.10. The Hall–Kier alpha value is -2.34. The lowest BCUT2D eigenvalue weighted by molar-refractivity contribution is 0.232. The third-order valence-electron chi connectivity index (χ3n) is 2.42. The number of rotatable bonds is 4. The van der Waals surface area contributed by atoms with Crippen LogP contribution in [0, 0.1) is 0 Å². The van der Waals surface area contributed by atoms with Crippen molar-refractivity contribution < 1.29 is 5.21 Å². The molecule has 0 amide bonds. The third-order valence-corrected chi connectivity index (χ3v) is 2.42. The fraction of sp³-hybridized carbons (Fsp3) is 0.167. The molecule has 0 unspecified atom stereocenters. The van der Waals surface area contributed by atoms with Gasteiger partial charge in [0, 0.05) is 11.8 Å². The number of hydrogen-bond acceptors (Lipinski definition) is 3. The monoisotopic (exact) mass is 245 g/mol. The van der Waals surface area contributed by atoms with E-state index in [0.717, 1.165) is 12.1 Å². The van der Waals surface area contributed by atoms with Gasteiger partial charge in [0.05, 0.1) is 19.3 Å². The van der Waals surface area contributed by atoms with Crippen molar-refractivity contribution in [2.45, 2.75) is 13.1 Å². The molecule has 18 heavy (non-hydrogen) atoms. The zero-order chi connectivity index (χ0) is 12.8. The fourth-order valence-corrected chi connectivity index (χ4v) is 1.56. The highest BCUT2D eigenvalue weighted by Crippen LogP contribution is 2.04. The summed E-state index contributed by atoms with van der Waals surface area (Å²) in [7, 11) is 0. The van der Waals surface area contributed by atoms with Crippen molar-refractivity contribution in [2.75, 3.05) is 0 Å². The van der Waals surface area contributed by atoms with Crippen LogP contribution in [0.5, 0.6) is 0 Å². The molecule has 0 aliphatic carbocycles. The molecule has 2 rings (SSSR count). The van der Waals surface area contributed by atoms with Gasteiger partial charge in [0.15, 0.2) is 0 Å². The zero-order valence-electron chi connectivity index (χ0n) is 9.82. The van der Waals surface area contributed by atoms with Crippen LogP contribution < -0.4 is 11.2 Å². The van der Waals surface area contributed by atoms with Crippen LogP contribution >= 0.6 is 0 Å². The van der Waals surface area contributed by atoms with Crippen molar-refractivity contribution >= 4 is 5.96 Å². The number of hydrogen-bond donors (Lipinski definition) is 3. The Labute approximate surface area is 105 Å². The lowest BCUT2D eigenvalue weighted by Crippen LogP contribution is -2.28. The fourth-order valence-electron chi connectivity index (χ4n) is 1.56. The number of nitrogens with zero attached hydrogens (tertiary/aromatic N) is 3. The van der Waals surface area contributed by atoms with E-state index in [4.69, 9.17) is 10.9 Å². The summed E-state index contributed by atoms with van der Waals surface area (Å²) in [4.78, 5) is 3.91. The molecule has 0 atom stereocenters. The maximum Gasteiger partial charge on any atom is 0.213 e. The van der Waals surface area contributed by atoms with E-state index in [9.17, 15) is 0 Å². The van der Waals surface area contributed by atoms with E-state index in [2.05, 4.69) is 10.1 Å². The van der Waals surface area contributed by atoms with Gasteiger partial charge in [0.2, 0.25) is 5.96 Å². The average molecular weight is 245 g/mol. The Morgan fingerprint density at radius 1 is 1.33 bits per heavy atom. The molecule has 0 saturated carbocycles. The minimum absolute atomic E-state index is 0.00851. The highest BCUT2D eigenvalue weighted by Gasteiger charge is 1.99. The van der Waals surface area contributed by atoms with Gasteiger partial charge in [0.25, 0.3) is 0 Å². The molecule has 4 N–H and O–H groups in total. The maximum absolute atomic E-state index is 8.49. The van der Waals surface area contributed by atoms with E-state index in [1.54, 1.807) is 11.7 Å². The third kappa shape index (κ3) is 3.33. The SMILES string of the molecule is NC(=NCc1cnn(Cc2ccccc2)c1)NO. The van der Waals surface area contributed by atoms with Crippen LogP contribution in [0.15, 0.2) is 47.7 Å². The average Bonchev–Trinajstić information content (AvgIpc) is 2.85. The van der Waals surface area contributed by atoms with Crippen LogP contribution in [0.3, 0.4) is 0 Å². The molecule has 94 valence electrons. The molecule has 0 radical (unpaired) electrons. The normalized spacial score (nSPS) is 11.5. The zero-order valence-corrected chi connectivity index (χ0v) is 9.82. The van der Waals surface area contributed by atoms with Crippen LogP contribution in [0.4, 0.5) is 0 Å². The molecular formula is C12H15N5O. The molecule has 0 fully saturated rings. The minimum Gasteiger partial charge on any atom is -0.368 e. The summed E-state index contributed by atoms with van der Waals surface area (Å²) < 4.78 is 1.84. The summed E-state index contributed by atoms with van der Waals surface area (Å²) in [6.07, 6.45) is 3.64. The number of nitrogens with one attached hydrogen (secondary N) is 1. The molecule has 1 aromatic carbocycles. The molecule has 0 spiro atoms. The van der Waals surface area contributed by atoms with Crippen molar-refractivity contribution in [2.24, 2.45) is 10.7 Å². The first-order chi connectivity index (χ1) is 8.78. The second-order valence-corrected chi connectivity index (χ2v) is 3.85. The summed E-state index contributed by atoms with van der Waals surface area (Å²) in [5.74, 6) is -0.00851. The van der Waals surface area contributed by atoms with E-state index >= 15 is 0 Å². The molecule has 6 heteroatoms. The van der Waals surface area contributed by atoms with Crippen molar-refractivity contribution in [1.82, 2.24) is 15.3 Å². The second-order valence-electron chi connectivity index (χ2n) is 3.85. The van der Waals surface area contributed by atoms with Gasteiger partial charge in [0.1, 0.15) is 0 Å². The van der Waals surface area contributed by atoms with Crippen molar-refractivity contribution in [1.29, 1.82) is 0 Å². The molecule has 0 bridgehead atoms. The molecule has 6 nitrogen and oxygen atoms in total. The number of nitrogens with two attached hydrogens (primary N) is 1. The topological polar surface area (TPSA) is 88.5 Å². The van der Waals surface area contributed by atoms with Crippen molar-refractivity contribution in [3.63, 3.8) is 0 Å². The van der Waals surface area contributed by atoms with Crippen LogP contribution in [-0.4, -0.2) is 20.9 Å². The van der Waals surface area contributed by atoms with Gasteiger partial charge in [-0.15, -0.1) is 0 Å². The summed E-state index contributed by atoms with van der Waals surface area (Å²) in [5, 5.41) is 12.7. The highest BCUT2D eigenvalue weighted by molar-refractivity contribution is 5.76. The predicted molar refractivity (Wildman–Crippen MR) is 68.0 cm³/mol. The molecule has 0 saturated heterocycles. The molecule has 1 aromatic heterocycles. The molecule has 2 aromatic rings. The van der Waals surface area contributed by atoms with Crippen molar-refractivity contribution in [3.05, 3.63) is 53.9 Å². The van der Waals surface area contributed by atoms with Gasteiger partial charge in [-0.05, 0) is 5.56 Å². The number of guanidine groups is 1. The van der Waals surface area contributed by atoms with Crippen LogP contribution in [0.25, 0.3) is 0 Å². The van der Waals surface area contributed by atoms with Gasteiger partial charge in [-0.3, -0.25) is 9.89 Å². The largest absolute Gasteiger partial charge is 0.368 e. The number of hydroxylamine groups is 1. The van der Waals surface area contributed by atoms with Crippen LogP contribution in [-0.2, 0) is 13.1 Å². The van der Waals surface area contributed by atoms with E-state index in [0.29, 0.717) is 6.54 Å². The van der Waals surface area contributed by atoms with Gasteiger partial charge in [-0.2, -0.15) is 5.10 Å². The quantitative estimate of drug-likeness (QED) is 0.421. The van der Waals surface area contributed by atoms with E-state index in [1.807, 2.05) is 41.2 Å². The highest BCUT2D eigenvalue weighted by atomic mass is 16.5. The second kappa shape index (κ2) is 5.83. The van der Waals surface area contributed by atoms with Gasteiger partial charge >= 0.3 is 0 Å². The lowest BCUT2D eigenvalue weighted by atomic mass is 10.2. The molecule has 0 aliphatic heterocycles. The van der Waals surface area contributed by atoms with Crippen LogP contribution in [0.2, 0.25) is 0 Å². The number of benzene rings is 1. The summed E-state index contributed by atoms with van der Waals surface area (Å²) in [5.41, 5.74) is 9.22. The first kappa shape index (κ1) is 12.1. The van der Waals surface area contributed by atoms with Crippen LogP contribution in [0.1, 0.15) is 11.1 Å². The van der Waals surface area contributed by atoms with E-state index in [-0.39, 0.29) is 5.96 Å². The first-order valence-corrected chi connectivity index (χ1v) is 5.53. The molecule has 0 aliphatic rings. The van der Waals surface area contributed by atoms with Gasteiger partial charge < -0.3 is 5.73 Å². The van der Waals surface area contributed by atoms with E-state index < -0.39 is 0 Å². The Bertz CT molecular complexity index is 520. The summed E-state index contributed by atoms with van der Waals surface area (Å²) in [6, 6.07) is 10.1. The Balaban J connectivity index is 1.98. The summed E-state index contributed by atoms with van der Waals surface area (Å²) >= 11 is 0. The Morgan fingerprint density at radius 3 is 2.83 bits per heavy atom. The van der Waals surface area contributed by atoms with Gasteiger partial charge in [-0.1, -0.05) is 30.3 Å². The Morgan fingerprint density at radius 2 is 2.11 bits per heavy atom. The number of aromatic nitrogens is 2. The number of aliphatic imine (C=N–C) groups is 1. The standard InChI is InChI=1S/C12H15N5O/c13-12(16-18)14-6-11-7-15-17(9-11)8-10-4-2-1-3-5-10/h1-5,7,9,18H,6,8H2,(H3,13,14,16). The van der Waals surface area contributed by atoms with E-state index in [1.165, 1.54) is 5.56 Å². The smallest absolute Gasteiger partial charge is 0.213 e. The van der Waals surface area contributed by atoms with Crippen molar-refractivity contribution in [3.8, 4) is 0 Å². The lowest BCUT2D eigenvalue weighted by Gasteiger charge is -2.00. The molecular weight excluding hydrogens is 230 g/mol.